The van der Waals surface area contributed by atoms with Crippen LogP contribution in [0.15, 0.2) is 200 Å². The highest BCUT2D eigenvalue weighted by molar-refractivity contribution is 5.92. The zero-order valence-corrected chi connectivity index (χ0v) is 27.9. The van der Waals surface area contributed by atoms with Gasteiger partial charge in [0.2, 0.25) is 0 Å². The molecule has 1 atom stereocenters. The van der Waals surface area contributed by atoms with Crippen LogP contribution in [-0.2, 0) is 5.41 Å². The van der Waals surface area contributed by atoms with Gasteiger partial charge in [0.05, 0.1) is 5.41 Å². The summed E-state index contributed by atoms with van der Waals surface area (Å²) < 4.78 is 6.77. The van der Waals surface area contributed by atoms with E-state index in [-0.39, 0.29) is 0 Å². The van der Waals surface area contributed by atoms with Crippen molar-refractivity contribution in [2.24, 2.45) is 0 Å². The van der Waals surface area contributed by atoms with E-state index >= 15 is 0 Å². The molecule has 51 heavy (non-hydrogen) atoms. The lowest BCUT2D eigenvalue weighted by Gasteiger charge is -2.39. The van der Waals surface area contributed by atoms with Crippen molar-refractivity contribution < 1.29 is 4.74 Å². The Morgan fingerprint density at radius 3 is 1.55 bits per heavy atom. The van der Waals surface area contributed by atoms with E-state index in [9.17, 15) is 0 Å². The second-order valence-electron chi connectivity index (χ2n) is 13.3. The number of rotatable bonds is 5. The van der Waals surface area contributed by atoms with Crippen molar-refractivity contribution in [2.45, 2.75) is 5.41 Å². The average molecular weight is 652 g/mol. The fourth-order valence-electron chi connectivity index (χ4n) is 8.31. The van der Waals surface area contributed by atoms with Crippen molar-refractivity contribution in [3.05, 3.63) is 222 Å². The molecule has 0 radical (unpaired) electrons. The van der Waals surface area contributed by atoms with Gasteiger partial charge in [-0.2, -0.15) is 0 Å². The molecule has 1 aliphatic heterocycles. The highest BCUT2D eigenvalue weighted by Gasteiger charge is 2.51. The first-order valence-electron chi connectivity index (χ1n) is 17.5. The number of nitrogens with zero attached hydrogens (tertiary/aromatic N) is 1. The molecule has 2 aliphatic rings. The monoisotopic (exact) mass is 651 g/mol. The molecule has 0 fully saturated rings. The van der Waals surface area contributed by atoms with Gasteiger partial charge in [-0.25, -0.2) is 0 Å². The second kappa shape index (κ2) is 11.8. The summed E-state index contributed by atoms with van der Waals surface area (Å²) in [5, 5.41) is 0. The summed E-state index contributed by atoms with van der Waals surface area (Å²) in [5.41, 5.74) is 14.9. The number of hydrogen-bond acceptors (Lipinski definition) is 2. The summed E-state index contributed by atoms with van der Waals surface area (Å²) in [6.07, 6.45) is 0. The number of para-hydroxylation sites is 2. The molecule has 1 aliphatic carbocycles. The quantitative estimate of drug-likeness (QED) is 0.184. The summed E-state index contributed by atoms with van der Waals surface area (Å²) in [4.78, 5) is 2.36. The SMILES string of the molecule is c1ccc(-c2ccc(N(c3ccccc3)c3ccc4c(c3)-c3ccccc3C43c4ccccc4Oc4cc(-c5ccccc5)ccc43)cc2)cc1. The molecule has 0 aromatic heterocycles. The zero-order chi connectivity index (χ0) is 33.8. The molecule has 8 aromatic carbocycles. The van der Waals surface area contributed by atoms with E-state index in [0.717, 1.165) is 39.7 Å². The molecule has 0 saturated carbocycles. The molecule has 8 aromatic rings. The summed E-state index contributed by atoms with van der Waals surface area (Å²) >= 11 is 0. The number of benzene rings is 8. The molecular formula is C49H33NO. The Morgan fingerprint density at radius 2 is 0.804 bits per heavy atom. The maximum atomic E-state index is 6.77. The van der Waals surface area contributed by atoms with E-state index in [4.69, 9.17) is 4.74 Å². The van der Waals surface area contributed by atoms with Gasteiger partial charge in [-0.15, -0.1) is 0 Å². The highest BCUT2D eigenvalue weighted by Crippen LogP contribution is 2.62. The van der Waals surface area contributed by atoms with Gasteiger partial charge in [0.15, 0.2) is 0 Å². The first kappa shape index (κ1) is 29.3. The maximum absolute atomic E-state index is 6.77. The van der Waals surface area contributed by atoms with Gasteiger partial charge in [-0.1, -0.05) is 152 Å². The zero-order valence-electron chi connectivity index (χ0n) is 27.9. The average Bonchev–Trinajstić information content (AvgIpc) is 3.49. The van der Waals surface area contributed by atoms with E-state index in [1.54, 1.807) is 0 Å². The van der Waals surface area contributed by atoms with Gasteiger partial charge in [0, 0.05) is 28.2 Å². The van der Waals surface area contributed by atoms with Crippen molar-refractivity contribution >= 4 is 17.1 Å². The van der Waals surface area contributed by atoms with E-state index in [2.05, 4.69) is 205 Å². The molecule has 10 rings (SSSR count). The lowest BCUT2D eigenvalue weighted by Crippen LogP contribution is -2.32. The number of hydrogen-bond donors (Lipinski definition) is 0. The maximum Gasteiger partial charge on any atom is 0.132 e. The number of anilines is 3. The Morgan fingerprint density at radius 1 is 0.314 bits per heavy atom. The van der Waals surface area contributed by atoms with Crippen LogP contribution in [0.5, 0.6) is 11.5 Å². The topological polar surface area (TPSA) is 12.5 Å². The van der Waals surface area contributed by atoms with Crippen LogP contribution < -0.4 is 9.64 Å². The van der Waals surface area contributed by atoms with Crippen LogP contribution >= 0.6 is 0 Å². The normalized spacial score (nSPS) is 14.9. The molecule has 0 N–H and O–H groups in total. The summed E-state index contributed by atoms with van der Waals surface area (Å²) in [6.45, 7) is 0. The molecular weight excluding hydrogens is 619 g/mol. The Bertz CT molecular complexity index is 2540. The van der Waals surface area contributed by atoms with Crippen LogP contribution in [0.25, 0.3) is 33.4 Å². The molecule has 1 spiro atoms. The van der Waals surface area contributed by atoms with Crippen molar-refractivity contribution in [3.8, 4) is 44.9 Å². The fraction of sp³-hybridized carbons (Fsp3) is 0.0204. The summed E-state index contributed by atoms with van der Waals surface area (Å²) in [6, 6.07) is 71.9. The first-order chi connectivity index (χ1) is 25.3. The van der Waals surface area contributed by atoms with Crippen molar-refractivity contribution in [1.82, 2.24) is 0 Å². The number of fused-ring (bicyclic) bond motifs is 9. The number of ether oxygens (including phenoxy) is 1. The summed E-state index contributed by atoms with van der Waals surface area (Å²) in [5.74, 6) is 1.79. The van der Waals surface area contributed by atoms with E-state index in [1.165, 1.54) is 44.5 Å². The molecule has 1 unspecified atom stereocenters. The van der Waals surface area contributed by atoms with Gasteiger partial charge in [0.1, 0.15) is 11.5 Å². The van der Waals surface area contributed by atoms with Gasteiger partial charge in [-0.05, 0) is 93.0 Å². The van der Waals surface area contributed by atoms with Crippen LogP contribution in [0, 0.1) is 0 Å². The Kier molecular flexibility index (Phi) is 6.75. The second-order valence-corrected chi connectivity index (χ2v) is 13.3. The van der Waals surface area contributed by atoms with E-state index in [0.29, 0.717) is 0 Å². The smallest absolute Gasteiger partial charge is 0.132 e. The minimum Gasteiger partial charge on any atom is -0.457 e. The van der Waals surface area contributed by atoms with Gasteiger partial charge in [-0.3, -0.25) is 0 Å². The van der Waals surface area contributed by atoms with Crippen molar-refractivity contribution in [3.63, 3.8) is 0 Å². The van der Waals surface area contributed by atoms with Gasteiger partial charge >= 0.3 is 0 Å². The largest absolute Gasteiger partial charge is 0.457 e. The van der Waals surface area contributed by atoms with Crippen molar-refractivity contribution in [1.29, 1.82) is 0 Å². The molecule has 0 bridgehead atoms. The van der Waals surface area contributed by atoms with Crippen LogP contribution in [0.2, 0.25) is 0 Å². The Balaban J connectivity index is 1.18. The lowest BCUT2D eigenvalue weighted by atomic mass is 9.66. The van der Waals surface area contributed by atoms with Gasteiger partial charge in [0.25, 0.3) is 0 Å². The van der Waals surface area contributed by atoms with Crippen LogP contribution in [-0.4, -0.2) is 0 Å². The van der Waals surface area contributed by atoms with Gasteiger partial charge < -0.3 is 9.64 Å². The third-order valence-electron chi connectivity index (χ3n) is 10.5. The van der Waals surface area contributed by atoms with Crippen LogP contribution in [0.4, 0.5) is 17.1 Å². The first-order valence-corrected chi connectivity index (χ1v) is 17.5. The minimum atomic E-state index is -0.529. The van der Waals surface area contributed by atoms with E-state index in [1.807, 2.05) is 0 Å². The molecule has 2 nitrogen and oxygen atoms in total. The van der Waals surface area contributed by atoms with Crippen LogP contribution in [0.3, 0.4) is 0 Å². The standard InChI is InChI=1S/C49H33NO/c1-4-14-34(15-5-1)36-24-27-39(28-25-36)50(38-18-8-3-9-19-38)40-29-31-44-42(33-40)41-20-10-11-21-43(41)49(44)45-22-12-13-23-47(45)51-48-32-37(26-30-46(48)49)35-16-6-2-7-17-35/h1-33H. The Labute approximate surface area is 298 Å². The molecule has 0 saturated heterocycles. The molecule has 240 valence electrons. The van der Waals surface area contributed by atoms with Crippen LogP contribution in [0.1, 0.15) is 22.3 Å². The molecule has 1 heterocycles. The molecule has 0 amide bonds. The third kappa shape index (κ3) is 4.57. The molecule has 2 heteroatoms. The highest BCUT2D eigenvalue weighted by atomic mass is 16.5. The van der Waals surface area contributed by atoms with E-state index < -0.39 is 5.41 Å². The lowest BCUT2D eigenvalue weighted by molar-refractivity contribution is 0.436. The predicted octanol–water partition coefficient (Wildman–Crippen LogP) is 13.0. The Hall–Kier alpha value is -6.64. The summed E-state index contributed by atoms with van der Waals surface area (Å²) in [7, 11) is 0. The predicted molar refractivity (Wildman–Crippen MR) is 209 cm³/mol. The minimum absolute atomic E-state index is 0.529. The van der Waals surface area contributed by atoms with Crippen molar-refractivity contribution in [2.75, 3.05) is 4.90 Å². The fourth-order valence-corrected chi connectivity index (χ4v) is 8.31. The third-order valence-corrected chi connectivity index (χ3v) is 10.5.